The Labute approximate surface area is 299 Å². The van der Waals surface area contributed by atoms with Crippen LogP contribution >= 0.6 is 0 Å². The molecule has 1 N–H and O–H groups in total. The lowest BCUT2D eigenvalue weighted by molar-refractivity contribution is -0.138. The van der Waals surface area contributed by atoms with Crippen LogP contribution in [0, 0.1) is 0 Å². The van der Waals surface area contributed by atoms with Crippen molar-refractivity contribution >= 4 is 41.7 Å². The maximum atomic E-state index is 13.9. The van der Waals surface area contributed by atoms with Crippen molar-refractivity contribution in [3.05, 3.63) is 121 Å². The molecule has 0 aliphatic heterocycles. The largest absolute Gasteiger partial charge is 0.494 e. The van der Waals surface area contributed by atoms with Gasteiger partial charge >= 0.3 is 24.1 Å². The van der Waals surface area contributed by atoms with Crippen molar-refractivity contribution in [2.75, 3.05) is 31.7 Å². The van der Waals surface area contributed by atoms with Crippen LogP contribution in [0.3, 0.4) is 0 Å². The van der Waals surface area contributed by atoms with Crippen molar-refractivity contribution in [3.63, 3.8) is 0 Å². The molecule has 10 nitrogen and oxygen atoms in total. The van der Waals surface area contributed by atoms with Crippen molar-refractivity contribution in [2.24, 2.45) is 0 Å². The lowest BCUT2D eigenvalue weighted by Crippen LogP contribution is -2.15. The van der Waals surface area contributed by atoms with Crippen LogP contribution in [0.5, 0.6) is 17.2 Å². The highest BCUT2D eigenvalue weighted by Gasteiger charge is 2.34. The van der Waals surface area contributed by atoms with Crippen LogP contribution in [0.2, 0.25) is 0 Å². The Morgan fingerprint density at radius 3 is 1.56 bits per heavy atom. The molecule has 3 rings (SSSR count). The van der Waals surface area contributed by atoms with Gasteiger partial charge in [0.15, 0.2) is 0 Å². The first-order valence-corrected chi connectivity index (χ1v) is 16.1. The summed E-state index contributed by atoms with van der Waals surface area (Å²) in [6.07, 6.45) is 4.90. The first-order valence-electron chi connectivity index (χ1n) is 16.1. The number of anilines is 1. The van der Waals surface area contributed by atoms with Crippen LogP contribution in [0.4, 0.5) is 18.9 Å². The smallest absolute Gasteiger partial charge is 0.418 e. The third kappa shape index (κ3) is 15.2. The van der Waals surface area contributed by atoms with Gasteiger partial charge in [-0.3, -0.25) is 4.79 Å². The van der Waals surface area contributed by atoms with E-state index in [-0.39, 0.29) is 19.0 Å². The highest BCUT2D eigenvalue weighted by Crippen LogP contribution is 2.37. The second-order valence-electron chi connectivity index (χ2n) is 10.8. The molecule has 0 atom stereocenters. The molecule has 0 bridgehead atoms. The minimum absolute atomic E-state index is 0.261. The second-order valence-corrected chi connectivity index (χ2v) is 10.8. The molecule has 0 saturated carbocycles. The quantitative estimate of drug-likeness (QED) is 0.0539. The highest BCUT2D eigenvalue weighted by atomic mass is 19.4. The number of carbonyl (C=O) groups excluding carboxylic acids is 4. The Bertz CT molecular complexity index is 1730. The zero-order valence-corrected chi connectivity index (χ0v) is 28.2. The van der Waals surface area contributed by atoms with Gasteiger partial charge in [0, 0.05) is 24.3 Å². The summed E-state index contributed by atoms with van der Waals surface area (Å²) >= 11 is 0. The number of esters is 3. The van der Waals surface area contributed by atoms with E-state index >= 15 is 0 Å². The van der Waals surface area contributed by atoms with Gasteiger partial charge in [-0.25, -0.2) is 14.4 Å². The van der Waals surface area contributed by atoms with Crippen LogP contribution < -0.4 is 19.5 Å². The minimum Gasteiger partial charge on any atom is -0.494 e. The summed E-state index contributed by atoms with van der Waals surface area (Å²) < 4.78 is 67.8. The van der Waals surface area contributed by atoms with Gasteiger partial charge in [0.1, 0.15) is 17.2 Å². The van der Waals surface area contributed by atoms with Crippen LogP contribution in [0.25, 0.3) is 12.2 Å². The average Bonchev–Trinajstić information content (AvgIpc) is 3.13. The number of amides is 1. The number of ether oxygens (including phenoxy) is 5. The molecule has 3 aromatic rings. The third-order valence-electron chi connectivity index (χ3n) is 6.81. The summed E-state index contributed by atoms with van der Waals surface area (Å²) in [6.45, 7) is 7.97. The van der Waals surface area contributed by atoms with E-state index in [2.05, 4.69) is 18.5 Å². The van der Waals surface area contributed by atoms with Gasteiger partial charge in [0.25, 0.3) is 0 Å². The van der Waals surface area contributed by atoms with E-state index in [0.29, 0.717) is 67.6 Å². The number of rotatable bonds is 20. The number of hydrogen-bond acceptors (Lipinski definition) is 9. The fraction of sp³-hybridized carbons (Fsp3) is 0.231. The number of halogens is 3. The number of carbonyl (C=O) groups is 4. The number of alkyl halides is 3. The van der Waals surface area contributed by atoms with Crippen molar-refractivity contribution in [2.45, 2.75) is 31.9 Å². The molecule has 52 heavy (non-hydrogen) atoms. The Morgan fingerprint density at radius 1 is 0.615 bits per heavy atom. The fourth-order valence-electron chi connectivity index (χ4n) is 4.19. The standard InChI is InChI=1S/C39H38F3NO9/c1-3-36(45)50-25-7-5-23-48-30-15-9-28(10-16-30)13-21-35(44)43-34-20-19-32(27-33(34)39(40,41)42)52-38(47)22-14-29-11-17-31(18-12-29)49-24-6-8-26-51-37(46)4-2/h3-4,9-22,27H,1-2,5-8,23-26H2,(H,43,44)/b21-13-,22-14+. The van der Waals surface area contributed by atoms with Gasteiger partial charge in [-0.2, -0.15) is 13.2 Å². The van der Waals surface area contributed by atoms with E-state index in [1.807, 2.05) is 0 Å². The van der Waals surface area contributed by atoms with Gasteiger partial charge in [0.2, 0.25) is 5.91 Å². The van der Waals surface area contributed by atoms with Crippen molar-refractivity contribution in [3.8, 4) is 17.2 Å². The number of nitrogens with one attached hydrogen (secondary N) is 1. The van der Waals surface area contributed by atoms with E-state index in [4.69, 9.17) is 23.7 Å². The van der Waals surface area contributed by atoms with Crippen LogP contribution in [0.1, 0.15) is 42.4 Å². The number of hydrogen-bond donors (Lipinski definition) is 1. The van der Waals surface area contributed by atoms with Gasteiger partial charge < -0.3 is 29.0 Å². The van der Waals surface area contributed by atoms with E-state index in [0.717, 1.165) is 36.4 Å². The lowest BCUT2D eigenvalue weighted by Gasteiger charge is -2.14. The third-order valence-corrected chi connectivity index (χ3v) is 6.81. The molecular formula is C39H38F3NO9. The van der Waals surface area contributed by atoms with E-state index in [9.17, 15) is 32.3 Å². The molecular weight excluding hydrogens is 683 g/mol. The molecule has 3 aromatic carbocycles. The number of benzene rings is 3. The Kier molecular flexibility index (Phi) is 16.4. The zero-order valence-electron chi connectivity index (χ0n) is 28.2. The van der Waals surface area contributed by atoms with Crippen molar-refractivity contribution in [1.82, 2.24) is 0 Å². The molecule has 0 unspecified atom stereocenters. The Balaban J connectivity index is 1.48. The highest BCUT2D eigenvalue weighted by molar-refractivity contribution is 6.02. The maximum Gasteiger partial charge on any atom is 0.418 e. The summed E-state index contributed by atoms with van der Waals surface area (Å²) in [4.78, 5) is 46.9. The van der Waals surface area contributed by atoms with E-state index < -0.39 is 41.2 Å². The molecule has 1 amide bonds. The second kappa shape index (κ2) is 21.2. The summed E-state index contributed by atoms with van der Waals surface area (Å²) in [6, 6.07) is 16.2. The van der Waals surface area contributed by atoms with Crippen LogP contribution in [-0.2, 0) is 34.8 Å². The fourth-order valence-corrected chi connectivity index (χ4v) is 4.19. The zero-order chi connectivity index (χ0) is 37.8. The maximum absolute atomic E-state index is 13.9. The normalized spacial score (nSPS) is 11.1. The summed E-state index contributed by atoms with van der Waals surface area (Å²) in [5.41, 5.74) is -0.493. The van der Waals surface area contributed by atoms with Gasteiger partial charge in [0.05, 0.1) is 37.7 Å². The Morgan fingerprint density at radius 2 is 1.08 bits per heavy atom. The van der Waals surface area contributed by atoms with Crippen LogP contribution in [0.15, 0.2) is 104 Å². The first-order chi connectivity index (χ1) is 25.0. The molecule has 0 heterocycles. The van der Waals surface area contributed by atoms with Gasteiger partial charge in [-0.15, -0.1) is 0 Å². The van der Waals surface area contributed by atoms with Gasteiger partial charge in [-0.1, -0.05) is 37.4 Å². The SMILES string of the molecule is C=CC(=O)OCCCCOc1ccc(/C=C\C(=O)Nc2ccc(OC(=O)/C=C/c3ccc(OCCCCOC(=O)C=C)cc3)cc2C(F)(F)F)cc1. The molecule has 0 spiro atoms. The molecule has 0 saturated heterocycles. The molecule has 13 heteroatoms. The Hall–Kier alpha value is -6.11. The first kappa shape index (κ1) is 40.3. The predicted octanol–water partition coefficient (Wildman–Crippen LogP) is 7.75. The summed E-state index contributed by atoms with van der Waals surface area (Å²) in [5.74, 6) is -1.88. The molecule has 0 aliphatic carbocycles. The number of unbranched alkanes of at least 4 members (excludes halogenated alkanes) is 2. The average molecular weight is 722 g/mol. The molecule has 274 valence electrons. The topological polar surface area (TPSA) is 126 Å². The lowest BCUT2D eigenvalue weighted by atomic mass is 10.1. The minimum atomic E-state index is -4.86. The van der Waals surface area contributed by atoms with Crippen LogP contribution in [-0.4, -0.2) is 50.2 Å². The van der Waals surface area contributed by atoms with Crippen molar-refractivity contribution < 1.29 is 56.0 Å². The molecule has 0 aliphatic rings. The predicted molar refractivity (Wildman–Crippen MR) is 188 cm³/mol. The van der Waals surface area contributed by atoms with E-state index in [1.165, 1.54) is 12.2 Å². The van der Waals surface area contributed by atoms with Crippen molar-refractivity contribution in [1.29, 1.82) is 0 Å². The van der Waals surface area contributed by atoms with Gasteiger partial charge in [-0.05, 0) is 91.4 Å². The monoisotopic (exact) mass is 721 g/mol. The molecule has 0 aromatic heterocycles. The summed E-state index contributed by atoms with van der Waals surface area (Å²) in [7, 11) is 0. The van der Waals surface area contributed by atoms with E-state index in [1.54, 1.807) is 48.5 Å². The molecule has 0 fully saturated rings. The molecule has 0 radical (unpaired) electrons. The summed E-state index contributed by atoms with van der Waals surface area (Å²) in [5, 5.41) is 2.22.